The highest BCUT2D eigenvalue weighted by Gasteiger charge is 2.58. The minimum atomic E-state index is -1.09. The number of urea groups is 1. The minimum absolute atomic E-state index is 0.0127. The fourth-order valence-corrected chi connectivity index (χ4v) is 5.75. The van der Waals surface area contributed by atoms with Crippen molar-refractivity contribution in [3.05, 3.63) is 66.0 Å². The van der Waals surface area contributed by atoms with Crippen LogP contribution in [0, 0.1) is 5.92 Å². The van der Waals surface area contributed by atoms with E-state index >= 15 is 0 Å². The van der Waals surface area contributed by atoms with Crippen molar-refractivity contribution in [1.29, 1.82) is 0 Å². The summed E-state index contributed by atoms with van der Waals surface area (Å²) < 4.78 is 5.72. The molecule has 0 radical (unpaired) electrons. The summed E-state index contributed by atoms with van der Waals surface area (Å²) in [5.74, 6) is -0.159. The molecule has 1 N–H and O–H groups in total. The molecule has 1 aromatic carbocycles. The van der Waals surface area contributed by atoms with Crippen molar-refractivity contribution in [3.8, 4) is 0 Å². The second kappa shape index (κ2) is 10.2. The Morgan fingerprint density at radius 1 is 1.03 bits per heavy atom. The topological polar surface area (TPSA) is 74.8 Å². The lowest BCUT2D eigenvalue weighted by Crippen LogP contribution is -2.54. The summed E-state index contributed by atoms with van der Waals surface area (Å²) in [7, 11) is 0. The molecule has 0 spiro atoms. The van der Waals surface area contributed by atoms with E-state index in [1.54, 1.807) is 6.20 Å². The SMILES string of the molecule is O=C1NC(c2ccccn2)(C2CCN(CCCc3ccccc3)CC2)C(=O)N1CC1CCCO1. The molecule has 2 atom stereocenters. The van der Waals surface area contributed by atoms with Gasteiger partial charge in [0.05, 0.1) is 18.3 Å². The molecule has 7 nitrogen and oxygen atoms in total. The van der Waals surface area contributed by atoms with Crippen molar-refractivity contribution >= 4 is 11.9 Å². The maximum absolute atomic E-state index is 13.9. The number of benzene rings is 1. The Balaban J connectivity index is 1.27. The van der Waals surface area contributed by atoms with E-state index in [1.165, 1.54) is 10.5 Å². The molecular formula is C27H34N4O3. The molecule has 7 heteroatoms. The van der Waals surface area contributed by atoms with Gasteiger partial charge in [-0.25, -0.2) is 4.79 Å². The van der Waals surface area contributed by atoms with Gasteiger partial charge in [-0.3, -0.25) is 14.7 Å². The molecule has 1 aromatic heterocycles. The monoisotopic (exact) mass is 462 g/mol. The van der Waals surface area contributed by atoms with Gasteiger partial charge in [-0.2, -0.15) is 0 Å². The number of carbonyl (C=O) groups excluding carboxylic acids is 2. The average molecular weight is 463 g/mol. The van der Waals surface area contributed by atoms with Crippen LogP contribution in [0.25, 0.3) is 0 Å². The Morgan fingerprint density at radius 3 is 2.53 bits per heavy atom. The van der Waals surface area contributed by atoms with E-state index in [0.717, 1.165) is 58.2 Å². The molecule has 2 unspecified atom stereocenters. The van der Waals surface area contributed by atoms with Gasteiger partial charge in [0, 0.05) is 12.8 Å². The first-order valence-electron chi connectivity index (χ1n) is 12.6. The number of amides is 3. The maximum Gasteiger partial charge on any atom is 0.325 e. The number of carbonyl (C=O) groups is 2. The molecule has 2 aromatic rings. The highest BCUT2D eigenvalue weighted by atomic mass is 16.5. The number of rotatable bonds is 8. The van der Waals surface area contributed by atoms with Crippen LogP contribution >= 0.6 is 0 Å². The summed E-state index contributed by atoms with van der Waals surface area (Å²) in [4.78, 5) is 35.3. The minimum Gasteiger partial charge on any atom is -0.376 e. The third-order valence-corrected chi connectivity index (χ3v) is 7.59. The molecule has 5 rings (SSSR count). The summed E-state index contributed by atoms with van der Waals surface area (Å²) in [5, 5.41) is 3.11. The largest absolute Gasteiger partial charge is 0.376 e. The molecular weight excluding hydrogens is 428 g/mol. The normalized spacial score (nSPS) is 26.2. The van der Waals surface area contributed by atoms with Crippen molar-refractivity contribution in [1.82, 2.24) is 20.1 Å². The predicted molar refractivity (Wildman–Crippen MR) is 129 cm³/mol. The lowest BCUT2D eigenvalue weighted by atomic mass is 9.75. The Hall–Kier alpha value is -2.77. The molecule has 3 aliphatic heterocycles. The smallest absolute Gasteiger partial charge is 0.325 e. The van der Waals surface area contributed by atoms with Gasteiger partial charge in [-0.1, -0.05) is 36.4 Å². The van der Waals surface area contributed by atoms with Crippen LogP contribution in [-0.2, 0) is 21.5 Å². The number of nitrogens with one attached hydrogen (secondary N) is 1. The lowest BCUT2D eigenvalue weighted by molar-refractivity contribution is -0.135. The van der Waals surface area contributed by atoms with Crippen molar-refractivity contribution in [2.45, 2.75) is 50.2 Å². The fourth-order valence-electron chi connectivity index (χ4n) is 5.75. The number of ether oxygens (including phenoxy) is 1. The van der Waals surface area contributed by atoms with Crippen molar-refractivity contribution in [2.24, 2.45) is 5.92 Å². The zero-order valence-electron chi connectivity index (χ0n) is 19.7. The average Bonchev–Trinajstić information content (AvgIpc) is 3.48. The van der Waals surface area contributed by atoms with Crippen LogP contribution in [0.4, 0.5) is 4.79 Å². The zero-order chi connectivity index (χ0) is 23.4. The standard InChI is InChI=1S/C27H34N4O3/c32-25-27(24-12-4-5-15-28-24,29-26(33)31(25)20-23-11-7-19-34-23)22-13-17-30(18-14-22)16-6-10-21-8-2-1-3-9-21/h1-5,8-9,12,15,22-23H,6-7,10-11,13-14,16-20H2,(H,29,33). The van der Waals surface area contributed by atoms with Crippen LogP contribution in [0.1, 0.15) is 43.4 Å². The number of aryl methyl sites for hydroxylation is 1. The van der Waals surface area contributed by atoms with Crippen molar-refractivity contribution in [2.75, 3.05) is 32.8 Å². The molecule has 180 valence electrons. The van der Waals surface area contributed by atoms with Gasteiger partial charge in [-0.05, 0) is 81.8 Å². The van der Waals surface area contributed by atoms with Crippen molar-refractivity contribution in [3.63, 3.8) is 0 Å². The zero-order valence-corrected chi connectivity index (χ0v) is 19.7. The van der Waals surface area contributed by atoms with E-state index in [0.29, 0.717) is 18.8 Å². The first-order chi connectivity index (χ1) is 16.7. The molecule has 3 amide bonds. The highest BCUT2D eigenvalue weighted by Crippen LogP contribution is 2.41. The van der Waals surface area contributed by atoms with Crippen LogP contribution in [0.2, 0.25) is 0 Å². The van der Waals surface area contributed by atoms with E-state index in [9.17, 15) is 9.59 Å². The van der Waals surface area contributed by atoms with Gasteiger partial charge in [0.1, 0.15) is 0 Å². The molecule has 4 heterocycles. The lowest BCUT2D eigenvalue weighted by Gasteiger charge is -2.40. The summed E-state index contributed by atoms with van der Waals surface area (Å²) in [6, 6.07) is 15.9. The van der Waals surface area contributed by atoms with Gasteiger partial charge < -0.3 is 15.0 Å². The fraction of sp³-hybridized carbons (Fsp3) is 0.519. The second-order valence-corrected chi connectivity index (χ2v) is 9.71. The Bertz CT molecular complexity index is 972. The van der Waals surface area contributed by atoms with Gasteiger partial charge in [-0.15, -0.1) is 0 Å². The van der Waals surface area contributed by atoms with E-state index in [4.69, 9.17) is 4.74 Å². The Kier molecular flexibility index (Phi) is 6.92. The number of hydrogen-bond acceptors (Lipinski definition) is 5. The number of hydrogen-bond donors (Lipinski definition) is 1. The van der Waals surface area contributed by atoms with Gasteiger partial charge >= 0.3 is 6.03 Å². The maximum atomic E-state index is 13.9. The van der Waals surface area contributed by atoms with E-state index in [1.807, 2.05) is 18.2 Å². The second-order valence-electron chi connectivity index (χ2n) is 9.71. The molecule has 0 aliphatic carbocycles. The van der Waals surface area contributed by atoms with E-state index < -0.39 is 5.54 Å². The number of likely N-dealkylation sites (tertiary alicyclic amines) is 1. The molecule has 3 saturated heterocycles. The predicted octanol–water partition coefficient (Wildman–Crippen LogP) is 3.35. The van der Waals surface area contributed by atoms with Crippen LogP contribution in [0.3, 0.4) is 0 Å². The summed E-state index contributed by atoms with van der Waals surface area (Å²) >= 11 is 0. The third kappa shape index (κ3) is 4.59. The summed E-state index contributed by atoms with van der Waals surface area (Å²) in [6.45, 7) is 3.90. The summed E-state index contributed by atoms with van der Waals surface area (Å²) in [5.41, 5.74) is 0.926. The quantitative estimate of drug-likeness (QED) is 0.609. The summed E-state index contributed by atoms with van der Waals surface area (Å²) in [6.07, 6.45) is 7.38. The molecule has 34 heavy (non-hydrogen) atoms. The number of imide groups is 1. The van der Waals surface area contributed by atoms with Crippen LogP contribution in [-0.4, -0.2) is 65.6 Å². The third-order valence-electron chi connectivity index (χ3n) is 7.59. The van der Waals surface area contributed by atoms with Gasteiger partial charge in [0.25, 0.3) is 5.91 Å². The van der Waals surface area contributed by atoms with Crippen LogP contribution in [0.15, 0.2) is 54.7 Å². The Labute approximate surface area is 201 Å². The molecule has 3 fully saturated rings. The van der Waals surface area contributed by atoms with Crippen LogP contribution in [0.5, 0.6) is 0 Å². The number of aromatic nitrogens is 1. The van der Waals surface area contributed by atoms with E-state index in [2.05, 4.69) is 45.5 Å². The number of piperidine rings is 1. The Morgan fingerprint density at radius 2 is 1.82 bits per heavy atom. The van der Waals surface area contributed by atoms with E-state index in [-0.39, 0.29) is 24.0 Å². The van der Waals surface area contributed by atoms with Crippen LogP contribution < -0.4 is 5.32 Å². The van der Waals surface area contributed by atoms with Gasteiger partial charge in [0.2, 0.25) is 0 Å². The first kappa shape index (κ1) is 23.0. The molecule has 0 saturated carbocycles. The van der Waals surface area contributed by atoms with Crippen molar-refractivity contribution < 1.29 is 14.3 Å². The molecule has 3 aliphatic rings. The van der Waals surface area contributed by atoms with Gasteiger partial charge in [0.15, 0.2) is 5.54 Å². The molecule has 0 bridgehead atoms. The first-order valence-corrected chi connectivity index (χ1v) is 12.6. The highest BCUT2D eigenvalue weighted by molar-refractivity contribution is 6.07. The number of pyridine rings is 1. The number of nitrogens with zero attached hydrogens (tertiary/aromatic N) is 3.